The first-order valence-corrected chi connectivity index (χ1v) is 5.07. The summed E-state index contributed by atoms with van der Waals surface area (Å²) >= 11 is 0. The molecule has 0 bridgehead atoms. The molecule has 0 aliphatic heterocycles. The van der Waals surface area contributed by atoms with Gasteiger partial charge in [-0.2, -0.15) is 0 Å². The number of benzene rings is 1. The molecule has 0 radical (unpaired) electrons. The normalized spacial score (nSPS) is 11.1. The van der Waals surface area contributed by atoms with Gasteiger partial charge >= 0.3 is 0 Å². The zero-order valence-electron chi connectivity index (χ0n) is 9.84. The Labute approximate surface area is 99.7 Å². The summed E-state index contributed by atoms with van der Waals surface area (Å²) in [6, 6.07) is 7.39. The van der Waals surface area contributed by atoms with Crippen molar-refractivity contribution < 1.29 is 10.0 Å². The van der Waals surface area contributed by atoms with E-state index in [9.17, 15) is 4.79 Å². The molecule has 1 amide bonds. The van der Waals surface area contributed by atoms with Gasteiger partial charge in [0.15, 0.2) is 0 Å². The van der Waals surface area contributed by atoms with Gasteiger partial charge in [0.05, 0.1) is 17.8 Å². The number of oxime groups is 1. The molecule has 0 aliphatic rings. The molecule has 0 atom stereocenters. The van der Waals surface area contributed by atoms with Gasteiger partial charge in [0.25, 0.3) is 0 Å². The summed E-state index contributed by atoms with van der Waals surface area (Å²) in [5.41, 5.74) is 6.83. The lowest BCUT2D eigenvalue weighted by Gasteiger charge is -2.17. The standard InChI is InChI=1S/C11H16N4O2/c1-15(2)9-6-4-3-5-8(9)13-11(16)7-10(12)14-17/h3-6,17H,7H2,1-2H3,(H2,12,14)(H,13,16). The molecule has 0 saturated carbocycles. The van der Waals surface area contributed by atoms with Crippen LogP contribution < -0.4 is 16.0 Å². The summed E-state index contributed by atoms with van der Waals surface area (Å²) in [5, 5.41) is 13.8. The highest BCUT2D eigenvalue weighted by Crippen LogP contribution is 2.23. The fourth-order valence-electron chi connectivity index (χ4n) is 1.36. The maximum atomic E-state index is 11.6. The first kappa shape index (κ1) is 12.8. The van der Waals surface area contributed by atoms with Crippen molar-refractivity contribution >= 4 is 23.1 Å². The van der Waals surface area contributed by atoms with E-state index in [1.807, 2.05) is 37.2 Å². The summed E-state index contributed by atoms with van der Waals surface area (Å²) in [6.45, 7) is 0. The fourth-order valence-corrected chi connectivity index (χ4v) is 1.36. The van der Waals surface area contributed by atoms with Gasteiger partial charge in [-0.1, -0.05) is 17.3 Å². The molecule has 0 heterocycles. The number of carbonyl (C=O) groups is 1. The number of hydrogen-bond acceptors (Lipinski definition) is 4. The smallest absolute Gasteiger partial charge is 0.232 e. The van der Waals surface area contributed by atoms with Crippen molar-refractivity contribution in [3.8, 4) is 0 Å². The van der Waals surface area contributed by atoms with Crippen LogP contribution in [0.1, 0.15) is 6.42 Å². The number of amides is 1. The molecule has 6 nitrogen and oxygen atoms in total. The Balaban J connectivity index is 2.78. The van der Waals surface area contributed by atoms with Crippen LogP contribution in [0.5, 0.6) is 0 Å². The molecule has 17 heavy (non-hydrogen) atoms. The molecule has 0 unspecified atom stereocenters. The van der Waals surface area contributed by atoms with E-state index in [2.05, 4.69) is 10.5 Å². The zero-order chi connectivity index (χ0) is 12.8. The van der Waals surface area contributed by atoms with Crippen LogP contribution >= 0.6 is 0 Å². The summed E-state index contributed by atoms with van der Waals surface area (Å²) in [7, 11) is 3.77. The maximum absolute atomic E-state index is 11.6. The number of nitrogens with two attached hydrogens (primary N) is 1. The van der Waals surface area contributed by atoms with Gasteiger partial charge in [0.2, 0.25) is 5.91 Å². The van der Waals surface area contributed by atoms with Crippen LogP contribution in [0.3, 0.4) is 0 Å². The zero-order valence-corrected chi connectivity index (χ0v) is 9.84. The Bertz CT molecular complexity index is 429. The molecular weight excluding hydrogens is 220 g/mol. The number of nitrogens with one attached hydrogen (secondary N) is 1. The second-order valence-electron chi connectivity index (χ2n) is 3.73. The van der Waals surface area contributed by atoms with E-state index in [1.54, 1.807) is 6.07 Å². The molecule has 0 fully saturated rings. The minimum Gasteiger partial charge on any atom is -0.409 e. The van der Waals surface area contributed by atoms with Crippen molar-refractivity contribution in [1.82, 2.24) is 0 Å². The quantitative estimate of drug-likeness (QED) is 0.312. The van der Waals surface area contributed by atoms with E-state index >= 15 is 0 Å². The highest BCUT2D eigenvalue weighted by atomic mass is 16.4. The molecule has 6 heteroatoms. The van der Waals surface area contributed by atoms with Gasteiger partial charge in [-0.15, -0.1) is 0 Å². The molecule has 1 rings (SSSR count). The van der Waals surface area contributed by atoms with Gasteiger partial charge in [0, 0.05) is 14.1 Å². The average molecular weight is 236 g/mol. The van der Waals surface area contributed by atoms with Gasteiger partial charge in [-0.05, 0) is 12.1 Å². The minimum atomic E-state index is -0.324. The van der Waals surface area contributed by atoms with Gasteiger partial charge in [-0.3, -0.25) is 4.79 Å². The number of nitrogens with zero attached hydrogens (tertiary/aromatic N) is 2. The Kier molecular flexibility index (Phi) is 4.33. The van der Waals surface area contributed by atoms with Gasteiger partial charge < -0.3 is 21.2 Å². The van der Waals surface area contributed by atoms with E-state index in [0.717, 1.165) is 5.69 Å². The van der Waals surface area contributed by atoms with E-state index in [4.69, 9.17) is 10.9 Å². The summed E-state index contributed by atoms with van der Waals surface area (Å²) < 4.78 is 0. The lowest BCUT2D eigenvalue weighted by atomic mass is 10.2. The van der Waals surface area contributed by atoms with Crippen LogP contribution in [0.2, 0.25) is 0 Å². The third-order valence-electron chi connectivity index (χ3n) is 2.13. The molecule has 0 saturated heterocycles. The molecule has 0 spiro atoms. The molecular formula is C11H16N4O2. The van der Waals surface area contributed by atoms with Gasteiger partial charge in [-0.25, -0.2) is 0 Å². The topological polar surface area (TPSA) is 91.0 Å². The predicted molar refractivity (Wildman–Crippen MR) is 67.4 cm³/mol. The Morgan fingerprint density at radius 1 is 1.47 bits per heavy atom. The molecule has 1 aromatic rings. The van der Waals surface area contributed by atoms with Crippen molar-refractivity contribution in [2.24, 2.45) is 10.9 Å². The van der Waals surface area contributed by atoms with Crippen molar-refractivity contribution in [3.63, 3.8) is 0 Å². The monoisotopic (exact) mass is 236 g/mol. The molecule has 0 aliphatic carbocycles. The van der Waals surface area contributed by atoms with Crippen LogP contribution in [-0.2, 0) is 4.79 Å². The highest BCUT2D eigenvalue weighted by Gasteiger charge is 2.09. The number of anilines is 2. The van der Waals surface area contributed by atoms with Crippen LogP contribution in [0.25, 0.3) is 0 Å². The third kappa shape index (κ3) is 3.67. The van der Waals surface area contributed by atoms with Gasteiger partial charge in [0.1, 0.15) is 5.84 Å². The van der Waals surface area contributed by atoms with E-state index in [-0.39, 0.29) is 18.2 Å². The Morgan fingerprint density at radius 3 is 2.71 bits per heavy atom. The molecule has 92 valence electrons. The maximum Gasteiger partial charge on any atom is 0.232 e. The molecule has 0 aromatic heterocycles. The number of carbonyl (C=O) groups excluding carboxylic acids is 1. The average Bonchev–Trinajstić information content (AvgIpc) is 2.29. The van der Waals surface area contributed by atoms with Crippen molar-refractivity contribution in [2.45, 2.75) is 6.42 Å². The van der Waals surface area contributed by atoms with Crippen molar-refractivity contribution in [3.05, 3.63) is 24.3 Å². The molecule has 1 aromatic carbocycles. The Hall–Kier alpha value is -2.24. The number of rotatable bonds is 4. The first-order valence-electron chi connectivity index (χ1n) is 5.07. The summed E-state index contributed by atoms with van der Waals surface area (Å²) in [5.74, 6) is -0.445. The first-order chi connectivity index (χ1) is 8.04. The second-order valence-corrected chi connectivity index (χ2v) is 3.73. The van der Waals surface area contributed by atoms with Crippen LogP contribution in [0, 0.1) is 0 Å². The van der Waals surface area contributed by atoms with E-state index < -0.39 is 0 Å². The van der Waals surface area contributed by atoms with Crippen LogP contribution in [0.4, 0.5) is 11.4 Å². The largest absolute Gasteiger partial charge is 0.409 e. The minimum absolute atomic E-state index is 0.121. The lowest BCUT2D eigenvalue weighted by molar-refractivity contribution is -0.115. The second kappa shape index (κ2) is 5.74. The number of hydrogen-bond donors (Lipinski definition) is 3. The van der Waals surface area contributed by atoms with E-state index in [0.29, 0.717) is 5.69 Å². The highest BCUT2D eigenvalue weighted by molar-refractivity contribution is 6.05. The van der Waals surface area contributed by atoms with Crippen molar-refractivity contribution in [1.29, 1.82) is 0 Å². The summed E-state index contributed by atoms with van der Waals surface area (Å²) in [6.07, 6.45) is -0.141. The predicted octanol–water partition coefficient (Wildman–Crippen LogP) is 0.828. The van der Waals surface area contributed by atoms with E-state index in [1.165, 1.54) is 0 Å². The Morgan fingerprint density at radius 2 is 2.12 bits per heavy atom. The third-order valence-corrected chi connectivity index (χ3v) is 2.13. The SMILES string of the molecule is CN(C)c1ccccc1NC(=O)C/C(N)=N/O. The van der Waals surface area contributed by atoms with Crippen molar-refractivity contribution in [2.75, 3.05) is 24.3 Å². The number of para-hydroxylation sites is 2. The van der Waals surface area contributed by atoms with Crippen LogP contribution in [-0.4, -0.2) is 31.0 Å². The van der Waals surface area contributed by atoms with Crippen LogP contribution in [0.15, 0.2) is 29.4 Å². The lowest BCUT2D eigenvalue weighted by Crippen LogP contribution is -2.23. The summed E-state index contributed by atoms with van der Waals surface area (Å²) in [4.78, 5) is 13.4. The molecule has 4 N–H and O–H groups in total. The fraction of sp³-hybridized carbons (Fsp3) is 0.273. The number of amidine groups is 1.